The molecule has 37 heavy (non-hydrogen) atoms. The van der Waals surface area contributed by atoms with E-state index in [1.807, 2.05) is 29.2 Å². The summed E-state index contributed by atoms with van der Waals surface area (Å²) in [4.78, 5) is 15.5. The summed E-state index contributed by atoms with van der Waals surface area (Å²) in [5, 5.41) is 28.9. The molecule has 2 aromatic rings. The molecule has 0 unspecified atom stereocenters. The van der Waals surface area contributed by atoms with Crippen LogP contribution in [-0.4, -0.2) is 95.3 Å². The molecule has 0 radical (unpaired) electrons. The molecule has 0 saturated carbocycles. The van der Waals surface area contributed by atoms with Gasteiger partial charge >= 0.3 is 5.97 Å². The Morgan fingerprint density at radius 1 is 0.892 bits per heavy atom. The van der Waals surface area contributed by atoms with Crippen LogP contribution in [-0.2, 0) is 4.79 Å². The highest BCUT2D eigenvalue weighted by atomic mass is 16.5. The number of hydrogen-bond acceptors (Lipinski definition) is 7. The minimum Gasteiger partial charge on any atom is -0.493 e. The number of aliphatic carboxylic acids is 1. The van der Waals surface area contributed by atoms with E-state index in [0.717, 1.165) is 66.2 Å². The number of aliphatic hydroxyl groups excluding tert-OH is 2. The average Bonchev–Trinajstić information content (AvgIpc) is 3.46. The number of ether oxygens (including phenoxy) is 2. The molecule has 202 valence electrons. The van der Waals surface area contributed by atoms with Gasteiger partial charge in [-0.05, 0) is 67.5 Å². The number of aliphatic hydroxyl groups is 2. The average molecular weight is 513 g/mol. The normalized spacial score (nSPS) is 22.4. The SMILES string of the molecule is Cc1c(OCCCN2CC[C@@H](O)C2)cccc1-c1cccc(OCCCN2C[C@H](O)C[C@H]2C(=O)O)c1C. The van der Waals surface area contributed by atoms with Gasteiger partial charge < -0.3 is 29.7 Å². The molecular formula is C29H40N2O6. The van der Waals surface area contributed by atoms with Gasteiger partial charge in [-0.25, -0.2) is 0 Å². The molecule has 8 nitrogen and oxygen atoms in total. The molecule has 8 heteroatoms. The lowest BCUT2D eigenvalue weighted by molar-refractivity contribution is -0.142. The number of likely N-dealkylation sites (tertiary alicyclic amines) is 2. The van der Waals surface area contributed by atoms with Crippen molar-refractivity contribution in [3.63, 3.8) is 0 Å². The molecule has 0 aliphatic carbocycles. The van der Waals surface area contributed by atoms with Crippen molar-refractivity contribution in [2.45, 2.75) is 57.8 Å². The summed E-state index contributed by atoms with van der Waals surface area (Å²) in [6.07, 6.45) is 1.97. The van der Waals surface area contributed by atoms with Gasteiger partial charge in [0.25, 0.3) is 0 Å². The minimum absolute atomic E-state index is 0.189. The van der Waals surface area contributed by atoms with Crippen LogP contribution in [0.3, 0.4) is 0 Å². The van der Waals surface area contributed by atoms with Crippen LogP contribution in [0.2, 0.25) is 0 Å². The molecule has 2 aliphatic rings. The maximum atomic E-state index is 11.4. The summed E-state index contributed by atoms with van der Waals surface area (Å²) < 4.78 is 12.2. The number of hydrogen-bond donors (Lipinski definition) is 3. The van der Waals surface area contributed by atoms with Gasteiger partial charge in [-0.15, -0.1) is 0 Å². The van der Waals surface area contributed by atoms with Crippen molar-refractivity contribution in [3.8, 4) is 22.6 Å². The molecule has 3 atom stereocenters. The topological polar surface area (TPSA) is 103 Å². The standard InChI is InChI=1S/C29H40N2O6/c1-20-24(7-3-9-27(20)36-15-5-12-30-14-11-22(32)18-30)25-8-4-10-28(21(25)2)37-16-6-13-31-19-23(33)17-26(31)29(34)35/h3-4,7-10,22-23,26,32-33H,5-6,11-19H2,1-2H3,(H,34,35)/t22-,23-,26+/m1/s1. The quantitative estimate of drug-likeness (QED) is 0.373. The van der Waals surface area contributed by atoms with E-state index >= 15 is 0 Å². The van der Waals surface area contributed by atoms with Gasteiger partial charge in [0.1, 0.15) is 17.5 Å². The highest BCUT2D eigenvalue weighted by Crippen LogP contribution is 2.35. The van der Waals surface area contributed by atoms with E-state index in [1.54, 1.807) is 0 Å². The van der Waals surface area contributed by atoms with Gasteiger partial charge in [0.05, 0.1) is 25.4 Å². The Morgan fingerprint density at radius 2 is 1.49 bits per heavy atom. The van der Waals surface area contributed by atoms with Crippen molar-refractivity contribution in [2.24, 2.45) is 0 Å². The summed E-state index contributed by atoms with van der Waals surface area (Å²) in [6, 6.07) is 11.6. The van der Waals surface area contributed by atoms with Crippen LogP contribution in [0.4, 0.5) is 0 Å². The van der Waals surface area contributed by atoms with Gasteiger partial charge in [-0.2, -0.15) is 0 Å². The number of β-amino-alcohol motifs (C(OH)–C–C–N with tert-alkyl or cyclic N) is 2. The van der Waals surface area contributed by atoms with Crippen LogP contribution in [0.25, 0.3) is 11.1 Å². The molecule has 3 N–H and O–H groups in total. The largest absolute Gasteiger partial charge is 0.493 e. The first kappa shape index (κ1) is 27.4. The number of carboxylic acid groups (broad SMARTS) is 1. The molecule has 2 aromatic carbocycles. The predicted molar refractivity (Wildman–Crippen MR) is 142 cm³/mol. The Bertz CT molecular complexity index is 1060. The van der Waals surface area contributed by atoms with Gasteiger partial charge in [-0.3, -0.25) is 9.69 Å². The van der Waals surface area contributed by atoms with Gasteiger partial charge in [0, 0.05) is 39.1 Å². The van der Waals surface area contributed by atoms with Crippen LogP contribution >= 0.6 is 0 Å². The maximum Gasteiger partial charge on any atom is 0.321 e. The van der Waals surface area contributed by atoms with Gasteiger partial charge in [0.2, 0.25) is 0 Å². The Labute approximate surface area is 219 Å². The second-order valence-corrected chi connectivity index (χ2v) is 10.2. The summed E-state index contributed by atoms with van der Waals surface area (Å²) in [5.41, 5.74) is 4.35. The zero-order valence-corrected chi connectivity index (χ0v) is 21.9. The molecule has 4 rings (SSSR count). The van der Waals surface area contributed by atoms with Crippen LogP contribution < -0.4 is 9.47 Å². The van der Waals surface area contributed by atoms with E-state index in [-0.39, 0.29) is 12.5 Å². The smallest absolute Gasteiger partial charge is 0.321 e. The van der Waals surface area contributed by atoms with Gasteiger partial charge in [0.15, 0.2) is 0 Å². The van der Waals surface area contributed by atoms with Gasteiger partial charge in [-0.1, -0.05) is 24.3 Å². The Hall–Kier alpha value is -2.65. The van der Waals surface area contributed by atoms with Crippen LogP contribution in [0.5, 0.6) is 11.5 Å². The Balaban J connectivity index is 1.32. The molecule has 0 bridgehead atoms. The number of rotatable bonds is 12. The predicted octanol–water partition coefficient (Wildman–Crippen LogP) is 3.09. The fourth-order valence-corrected chi connectivity index (χ4v) is 5.44. The molecular weight excluding hydrogens is 472 g/mol. The third-order valence-corrected chi connectivity index (χ3v) is 7.50. The Morgan fingerprint density at radius 3 is 2.03 bits per heavy atom. The lowest BCUT2D eigenvalue weighted by Gasteiger charge is -2.21. The maximum absolute atomic E-state index is 11.4. The molecule has 0 amide bonds. The summed E-state index contributed by atoms with van der Waals surface area (Å²) in [7, 11) is 0. The van der Waals surface area contributed by atoms with Crippen molar-refractivity contribution in [1.29, 1.82) is 0 Å². The summed E-state index contributed by atoms with van der Waals surface area (Å²) >= 11 is 0. The van der Waals surface area contributed by atoms with Crippen molar-refractivity contribution in [3.05, 3.63) is 47.5 Å². The van der Waals surface area contributed by atoms with Crippen molar-refractivity contribution >= 4 is 5.97 Å². The highest BCUT2D eigenvalue weighted by molar-refractivity contribution is 5.75. The monoisotopic (exact) mass is 512 g/mol. The van der Waals surface area contributed by atoms with Crippen molar-refractivity contribution < 1.29 is 29.6 Å². The molecule has 2 fully saturated rings. The second-order valence-electron chi connectivity index (χ2n) is 10.2. The van der Waals surface area contributed by atoms with E-state index in [4.69, 9.17) is 9.47 Å². The zero-order chi connectivity index (χ0) is 26.4. The fraction of sp³-hybridized carbons (Fsp3) is 0.552. The first-order chi connectivity index (χ1) is 17.8. The van der Waals surface area contributed by atoms with E-state index in [0.29, 0.717) is 32.7 Å². The van der Waals surface area contributed by atoms with E-state index < -0.39 is 18.1 Å². The second kappa shape index (κ2) is 12.7. The molecule has 2 aliphatic heterocycles. The van der Waals surface area contributed by atoms with Crippen molar-refractivity contribution in [2.75, 3.05) is 45.9 Å². The first-order valence-corrected chi connectivity index (χ1v) is 13.3. The number of carbonyl (C=O) groups is 1. The third-order valence-electron chi connectivity index (χ3n) is 7.50. The summed E-state index contributed by atoms with van der Waals surface area (Å²) in [5.74, 6) is 0.812. The van der Waals surface area contributed by atoms with Crippen molar-refractivity contribution in [1.82, 2.24) is 9.80 Å². The first-order valence-electron chi connectivity index (χ1n) is 13.3. The molecule has 2 heterocycles. The van der Waals surface area contributed by atoms with Crippen LogP contribution in [0, 0.1) is 13.8 Å². The number of benzene rings is 2. The van der Waals surface area contributed by atoms with Crippen LogP contribution in [0.15, 0.2) is 36.4 Å². The van der Waals surface area contributed by atoms with Crippen LogP contribution in [0.1, 0.15) is 36.8 Å². The minimum atomic E-state index is -0.881. The summed E-state index contributed by atoms with van der Waals surface area (Å²) in [6.45, 7) is 8.86. The molecule has 0 aromatic heterocycles. The third kappa shape index (κ3) is 7.02. The number of carboxylic acids is 1. The van der Waals surface area contributed by atoms with E-state index in [1.165, 1.54) is 0 Å². The molecule has 0 spiro atoms. The lowest BCUT2D eigenvalue weighted by Crippen LogP contribution is -2.37. The highest BCUT2D eigenvalue weighted by Gasteiger charge is 2.35. The van der Waals surface area contributed by atoms with E-state index in [9.17, 15) is 20.1 Å². The van der Waals surface area contributed by atoms with E-state index in [2.05, 4.69) is 30.9 Å². The lowest BCUT2D eigenvalue weighted by atomic mass is 9.95. The number of nitrogens with zero attached hydrogens (tertiary/aromatic N) is 2. The Kier molecular flexibility index (Phi) is 9.43. The molecule has 2 saturated heterocycles. The zero-order valence-electron chi connectivity index (χ0n) is 21.9. The fourth-order valence-electron chi connectivity index (χ4n) is 5.44.